The number of thioether (sulfide) groups is 1. The van der Waals surface area contributed by atoms with E-state index in [1.807, 2.05) is 13.8 Å². The van der Waals surface area contributed by atoms with Crippen LogP contribution in [-0.2, 0) is 4.79 Å². The van der Waals surface area contributed by atoms with Crippen molar-refractivity contribution in [3.05, 3.63) is 16.8 Å². The molecule has 1 amide bonds. The summed E-state index contributed by atoms with van der Waals surface area (Å²) in [4.78, 5) is 12.5. The Kier molecular flexibility index (Phi) is 5.84. The van der Waals surface area contributed by atoms with Gasteiger partial charge in [0, 0.05) is 11.7 Å². The van der Waals surface area contributed by atoms with Crippen LogP contribution in [0.5, 0.6) is 0 Å². The Morgan fingerprint density at radius 1 is 1.38 bits per heavy atom. The molecule has 26 heavy (non-hydrogen) atoms. The molecule has 0 aromatic carbocycles. The van der Waals surface area contributed by atoms with E-state index >= 15 is 0 Å². The normalized spacial score (nSPS) is 15.0. The highest BCUT2D eigenvalue weighted by Gasteiger charge is 2.25. The van der Waals surface area contributed by atoms with Gasteiger partial charge in [-0.3, -0.25) is 4.79 Å². The number of nitrogens with one attached hydrogen (secondary N) is 1. The SMILES string of the molecule is Cc1c(C#N)c(NC(=O)CSc2nnc(N)s2)n(C2CCCCC2)c1C. The first-order valence-corrected chi connectivity index (χ1v) is 10.4. The maximum atomic E-state index is 12.5. The molecule has 0 radical (unpaired) electrons. The zero-order valence-corrected chi connectivity index (χ0v) is 16.5. The molecule has 1 saturated carbocycles. The molecule has 7 nitrogen and oxygen atoms in total. The van der Waals surface area contributed by atoms with Crippen molar-refractivity contribution in [3.8, 4) is 6.07 Å². The molecule has 0 bridgehead atoms. The Morgan fingerprint density at radius 2 is 2.12 bits per heavy atom. The van der Waals surface area contributed by atoms with Gasteiger partial charge in [-0.05, 0) is 32.3 Å². The van der Waals surface area contributed by atoms with Gasteiger partial charge in [-0.1, -0.05) is 42.4 Å². The first-order chi connectivity index (χ1) is 12.5. The van der Waals surface area contributed by atoms with Crippen LogP contribution in [0.2, 0.25) is 0 Å². The van der Waals surface area contributed by atoms with E-state index in [1.54, 1.807) is 0 Å². The van der Waals surface area contributed by atoms with Crippen molar-refractivity contribution < 1.29 is 4.79 Å². The van der Waals surface area contributed by atoms with Crippen molar-refractivity contribution in [1.29, 1.82) is 5.26 Å². The van der Waals surface area contributed by atoms with Crippen molar-refractivity contribution >= 4 is 40.0 Å². The average molecular weight is 391 g/mol. The second-order valence-corrected chi connectivity index (χ2v) is 8.68. The van der Waals surface area contributed by atoms with Crippen molar-refractivity contribution in [1.82, 2.24) is 14.8 Å². The van der Waals surface area contributed by atoms with Gasteiger partial charge in [0.1, 0.15) is 11.9 Å². The average Bonchev–Trinajstić information content (AvgIpc) is 3.15. The molecule has 3 N–H and O–H groups in total. The van der Waals surface area contributed by atoms with Crippen molar-refractivity contribution in [2.75, 3.05) is 16.8 Å². The number of carbonyl (C=O) groups excluding carboxylic acids is 1. The Labute approximate surface area is 161 Å². The molecule has 2 aromatic rings. The van der Waals surface area contributed by atoms with E-state index in [0.717, 1.165) is 24.1 Å². The molecule has 1 aliphatic carbocycles. The quantitative estimate of drug-likeness (QED) is 0.754. The van der Waals surface area contributed by atoms with Crippen LogP contribution in [0, 0.1) is 25.2 Å². The number of rotatable bonds is 5. The number of nitrogens with zero attached hydrogens (tertiary/aromatic N) is 4. The summed E-state index contributed by atoms with van der Waals surface area (Å²) in [5.41, 5.74) is 8.13. The molecule has 0 spiro atoms. The highest BCUT2D eigenvalue weighted by molar-refractivity contribution is 8.01. The lowest BCUT2D eigenvalue weighted by Gasteiger charge is -2.27. The lowest BCUT2D eigenvalue weighted by molar-refractivity contribution is -0.113. The topological polar surface area (TPSA) is 110 Å². The first-order valence-electron chi connectivity index (χ1n) is 8.64. The summed E-state index contributed by atoms with van der Waals surface area (Å²) >= 11 is 2.55. The number of amides is 1. The third-order valence-electron chi connectivity index (χ3n) is 4.82. The monoisotopic (exact) mass is 390 g/mol. The van der Waals surface area contributed by atoms with Gasteiger partial charge in [-0.2, -0.15) is 5.26 Å². The fraction of sp³-hybridized carbons (Fsp3) is 0.529. The molecule has 2 heterocycles. The largest absolute Gasteiger partial charge is 0.374 e. The second-order valence-electron chi connectivity index (χ2n) is 6.45. The number of anilines is 2. The molecule has 0 atom stereocenters. The molecule has 138 valence electrons. The lowest BCUT2D eigenvalue weighted by atomic mass is 9.95. The van der Waals surface area contributed by atoms with Gasteiger partial charge in [0.2, 0.25) is 11.0 Å². The van der Waals surface area contributed by atoms with Crippen LogP contribution >= 0.6 is 23.1 Å². The Morgan fingerprint density at radius 3 is 2.73 bits per heavy atom. The molecule has 0 unspecified atom stereocenters. The number of nitrogens with two attached hydrogens (primary N) is 1. The molecule has 0 aliphatic heterocycles. The number of carbonyl (C=O) groups is 1. The van der Waals surface area contributed by atoms with Crippen LogP contribution in [0.4, 0.5) is 10.9 Å². The minimum atomic E-state index is -0.158. The number of hydrogen-bond acceptors (Lipinski definition) is 7. The molecular formula is C17H22N6OS2. The van der Waals surface area contributed by atoms with E-state index in [2.05, 4.69) is 26.2 Å². The molecule has 9 heteroatoms. The first kappa shape index (κ1) is 18.7. The standard InChI is InChI=1S/C17H22N6OS2/c1-10-11(2)23(12-6-4-3-5-7-12)15(13(10)8-18)20-14(24)9-25-17-22-21-16(19)26-17/h12H,3-7,9H2,1-2H3,(H2,19,21)(H,20,24). The molecule has 2 aromatic heterocycles. The molecule has 3 rings (SSSR count). The Balaban J connectivity index is 1.80. The van der Waals surface area contributed by atoms with Crippen LogP contribution in [-0.4, -0.2) is 26.4 Å². The minimum absolute atomic E-state index is 0.158. The fourth-order valence-electron chi connectivity index (χ4n) is 3.46. The third kappa shape index (κ3) is 3.86. The smallest absolute Gasteiger partial charge is 0.235 e. The van der Waals surface area contributed by atoms with Crippen molar-refractivity contribution in [2.45, 2.75) is 56.3 Å². The van der Waals surface area contributed by atoms with E-state index in [9.17, 15) is 10.1 Å². The van der Waals surface area contributed by atoms with Gasteiger partial charge in [-0.15, -0.1) is 10.2 Å². The molecule has 0 saturated heterocycles. The summed E-state index contributed by atoms with van der Waals surface area (Å²) in [5, 5.41) is 20.6. The van der Waals surface area contributed by atoms with Gasteiger partial charge < -0.3 is 15.6 Å². The number of nitriles is 1. The van der Waals surface area contributed by atoms with Gasteiger partial charge in [0.05, 0.1) is 11.3 Å². The number of aromatic nitrogens is 3. The van der Waals surface area contributed by atoms with Crippen LogP contribution in [0.3, 0.4) is 0 Å². The zero-order chi connectivity index (χ0) is 18.7. The fourth-order valence-corrected chi connectivity index (χ4v) is 4.89. The predicted octanol–water partition coefficient (Wildman–Crippen LogP) is 3.65. The van der Waals surface area contributed by atoms with Crippen LogP contribution in [0.25, 0.3) is 0 Å². The second kappa shape index (κ2) is 8.10. The van der Waals surface area contributed by atoms with E-state index in [0.29, 0.717) is 26.9 Å². The minimum Gasteiger partial charge on any atom is -0.374 e. The Bertz CT molecular complexity index is 844. The summed E-state index contributed by atoms with van der Waals surface area (Å²) in [7, 11) is 0. The van der Waals surface area contributed by atoms with Gasteiger partial charge >= 0.3 is 0 Å². The summed E-state index contributed by atoms with van der Waals surface area (Å²) < 4.78 is 2.83. The summed E-state index contributed by atoms with van der Waals surface area (Å²) in [6.07, 6.45) is 5.79. The third-order valence-corrected chi connectivity index (χ3v) is 6.70. The van der Waals surface area contributed by atoms with Crippen LogP contribution in [0.1, 0.15) is 55.0 Å². The summed E-state index contributed by atoms with van der Waals surface area (Å²) in [6, 6.07) is 2.61. The van der Waals surface area contributed by atoms with Gasteiger partial charge in [0.25, 0.3) is 0 Å². The molecular weight excluding hydrogens is 368 g/mol. The van der Waals surface area contributed by atoms with Crippen LogP contribution in [0.15, 0.2) is 4.34 Å². The Hall–Kier alpha value is -2.05. The highest BCUT2D eigenvalue weighted by Crippen LogP contribution is 2.37. The van der Waals surface area contributed by atoms with E-state index in [-0.39, 0.29) is 11.7 Å². The van der Waals surface area contributed by atoms with Crippen molar-refractivity contribution in [2.24, 2.45) is 0 Å². The maximum absolute atomic E-state index is 12.5. The highest BCUT2D eigenvalue weighted by atomic mass is 32.2. The zero-order valence-electron chi connectivity index (χ0n) is 14.9. The lowest BCUT2D eigenvalue weighted by Crippen LogP contribution is -2.21. The molecule has 1 fully saturated rings. The van der Waals surface area contributed by atoms with Crippen molar-refractivity contribution in [3.63, 3.8) is 0 Å². The van der Waals surface area contributed by atoms with E-state index in [1.165, 1.54) is 42.4 Å². The number of nitrogen functional groups attached to an aromatic ring is 1. The predicted molar refractivity (Wildman–Crippen MR) is 104 cm³/mol. The van der Waals surface area contributed by atoms with E-state index < -0.39 is 0 Å². The maximum Gasteiger partial charge on any atom is 0.235 e. The summed E-state index contributed by atoms with van der Waals surface area (Å²) in [6.45, 7) is 3.97. The number of hydrogen-bond donors (Lipinski definition) is 2. The molecule has 1 aliphatic rings. The van der Waals surface area contributed by atoms with Gasteiger partial charge in [-0.25, -0.2) is 0 Å². The van der Waals surface area contributed by atoms with Gasteiger partial charge in [0.15, 0.2) is 4.34 Å². The van der Waals surface area contributed by atoms with E-state index in [4.69, 9.17) is 5.73 Å². The summed E-state index contributed by atoms with van der Waals surface area (Å²) in [5.74, 6) is 0.680. The van der Waals surface area contributed by atoms with Crippen LogP contribution < -0.4 is 11.1 Å².